The number of rotatable bonds is 2. The van der Waals surface area contributed by atoms with E-state index in [1.54, 1.807) is 6.08 Å². The van der Waals surface area contributed by atoms with Crippen LogP contribution in [0.1, 0.15) is 13.3 Å². The van der Waals surface area contributed by atoms with Crippen molar-refractivity contribution in [1.29, 1.82) is 0 Å². The van der Waals surface area contributed by atoms with Gasteiger partial charge in [-0.05, 0) is 13.3 Å². The van der Waals surface area contributed by atoms with Crippen LogP contribution in [-0.4, -0.2) is 24.8 Å². The molecule has 0 fully saturated rings. The van der Waals surface area contributed by atoms with Gasteiger partial charge >= 0.3 is 5.97 Å². The molecule has 1 atom stereocenters. The lowest BCUT2D eigenvalue weighted by Gasteiger charge is -2.14. The number of ether oxygens (including phenoxy) is 1. The fraction of sp³-hybridized carbons (Fsp3) is 0.400. The van der Waals surface area contributed by atoms with Gasteiger partial charge in [0.15, 0.2) is 0 Å². The zero-order valence-corrected chi connectivity index (χ0v) is 7.91. The summed E-state index contributed by atoms with van der Waals surface area (Å²) >= 11 is 0. The Balaban J connectivity index is 2.95. The van der Waals surface area contributed by atoms with Gasteiger partial charge in [-0.2, -0.15) is 0 Å². The molecular weight excluding hydrogens is 166 g/mol. The van der Waals surface area contributed by atoms with E-state index in [1.165, 1.54) is 7.11 Å². The number of carbonyl (C=O) groups excluding carboxylic acids is 1. The molecule has 1 heterocycles. The summed E-state index contributed by atoms with van der Waals surface area (Å²) in [7, 11) is 1.35. The summed E-state index contributed by atoms with van der Waals surface area (Å²) in [6.45, 7) is 5.58. The summed E-state index contributed by atoms with van der Waals surface area (Å²) in [6, 6.07) is 0.151. The van der Waals surface area contributed by atoms with Gasteiger partial charge in [0.05, 0.1) is 13.2 Å². The largest absolute Gasteiger partial charge is 0.464 e. The normalized spacial score (nSPS) is 21.5. The average molecular weight is 179 g/mol. The summed E-state index contributed by atoms with van der Waals surface area (Å²) in [5.41, 5.74) is 1.15. The summed E-state index contributed by atoms with van der Waals surface area (Å²) in [4.78, 5) is 15.4. The maximum absolute atomic E-state index is 11.2. The predicted octanol–water partition coefficient (Wildman–Crippen LogP) is 1.50. The molecule has 0 saturated carbocycles. The third kappa shape index (κ3) is 2.05. The van der Waals surface area contributed by atoms with Crippen LogP contribution in [0, 0.1) is 0 Å². The van der Waals surface area contributed by atoms with Gasteiger partial charge in [0, 0.05) is 5.57 Å². The maximum atomic E-state index is 11.2. The first-order valence-corrected chi connectivity index (χ1v) is 4.18. The second-order valence-corrected chi connectivity index (χ2v) is 2.92. The van der Waals surface area contributed by atoms with Crippen LogP contribution in [0.4, 0.5) is 0 Å². The molecule has 13 heavy (non-hydrogen) atoms. The fourth-order valence-electron chi connectivity index (χ4n) is 1.19. The highest BCUT2D eigenvalue weighted by Crippen LogP contribution is 2.14. The van der Waals surface area contributed by atoms with E-state index in [1.807, 2.05) is 13.0 Å². The fourth-order valence-corrected chi connectivity index (χ4v) is 1.19. The Labute approximate surface area is 77.8 Å². The molecular formula is C10H13NO2. The van der Waals surface area contributed by atoms with Crippen molar-refractivity contribution in [3.63, 3.8) is 0 Å². The van der Waals surface area contributed by atoms with Gasteiger partial charge in [-0.25, -0.2) is 4.79 Å². The number of methoxy groups -OCH3 is 1. The smallest absolute Gasteiger partial charge is 0.356 e. The predicted molar refractivity (Wildman–Crippen MR) is 51.8 cm³/mol. The topological polar surface area (TPSA) is 38.7 Å². The van der Waals surface area contributed by atoms with Crippen molar-refractivity contribution in [2.75, 3.05) is 7.11 Å². The summed E-state index contributed by atoms with van der Waals surface area (Å²) < 4.78 is 4.61. The highest BCUT2D eigenvalue weighted by atomic mass is 16.5. The highest BCUT2D eigenvalue weighted by molar-refractivity contribution is 6.44. The lowest BCUT2D eigenvalue weighted by atomic mass is 10.0. The second-order valence-electron chi connectivity index (χ2n) is 2.92. The third-order valence-electron chi connectivity index (χ3n) is 1.90. The Bertz CT molecular complexity index is 289. The van der Waals surface area contributed by atoms with Gasteiger partial charge < -0.3 is 4.74 Å². The van der Waals surface area contributed by atoms with E-state index >= 15 is 0 Å². The lowest BCUT2D eigenvalue weighted by molar-refractivity contribution is -0.132. The zero-order valence-electron chi connectivity index (χ0n) is 7.91. The van der Waals surface area contributed by atoms with E-state index in [0.29, 0.717) is 5.71 Å². The van der Waals surface area contributed by atoms with Gasteiger partial charge in [-0.1, -0.05) is 18.7 Å². The molecule has 0 aromatic carbocycles. The minimum Gasteiger partial charge on any atom is -0.464 e. The van der Waals surface area contributed by atoms with Crippen molar-refractivity contribution >= 4 is 11.7 Å². The van der Waals surface area contributed by atoms with Crippen molar-refractivity contribution in [3.8, 4) is 0 Å². The monoisotopic (exact) mass is 179 g/mol. The molecule has 0 saturated heterocycles. The first kappa shape index (κ1) is 9.71. The van der Waals surface area contributed by atoms with E-state index in [4.69, 9.17) is 0 Å². The Morgan fingerprint density at radius 3 is 3.08 bits per heavy atom. The number of hydrogen-bond donors (Lipinski definition) is 0. The van der Waals surface area contributed by atoms with Gasteiger partial charge in [0.1, 0.15) is 5.71 Å². The number of hydrogen-bond acceptors (Lipinski definition) is 3. The molecule has 0 radical (unpaired) electrons. The minimum absolute atomic E-state index is 0.151. The summed E-state index contributed by atoms with van der Waals surface area (Å²) in [5, 5.41) is 0. The molecule has 1 aliphatic heterocycles. The van der Waals surface area contributed by atoms with E-state index in [9.17, 15) is 4.79 Å². The van der Waals surface area contributed by atoms with Crippen molar-refractivity contribution in [1.82, 2.24) is 0 Å². The van der Waals surface area contributed by atoms with Crippen LogP contribution in [0.3, 0.4) is 0 Å². The van der Waals surface area contributed by atoms with Gasteiger partial charge in [-0.15, -0.1) is 0 Å². The minimum atomic E-state index is -0.391. The average Bonchev–Trinajstić information content (AvgIpc) is 2.16. The van der Waals surface area contributed by atoms with Gasteiger partial charge in [0.25, 0.3) is 0 Å². The highest BCUT2D eigenvalue weighted by Gasteiger charge is 2.19. The molecule has 0 spiro atoms. The van der Waals surface area contributed by atoms with Crippen molar-refractivity contribution in [3.05, 3.63) is 24.3 Å². The summed E-state index contributed by atoms with van der Waals surface area (Å²) in [5.74, 6) is -0.391. The molecule has 0 bridgehead atoms. The number of nitrogens with zero attached hydrogens (tertiary/aromatic N) is 1. The van der Waals surface area contributed by atoms with E-state index in [0.717, 1.165) is 12.0 Å². The van der Waals surface area contributed by atoms with Gasteiger partial charge in [-0.3, -0.25) is 4.99 Å². The third-order valence-corrected chi connectivity index (χ3v) is 1.90. The molecule has 0 aliphatic carbocycles. The molecule has 0 aromatic heterocycles. The van der Waals surface area contributed by atoms with Crippen molar-refractivity contribution < 1.29 is 9.53 Å². The maximum Gasteiger partial charge on any atom is 0.356 e. The Morgan fingerprint density at radius 2 is 2.54 bits per heavy atom. The lowest BCUT2D eigenvalue weighted by Crippen LogP contribution is -2.22. The SMILES string of the molecule is C=CC1=CCC(C)N=C1C(=O)OC. The number of aliphatic imine (C=N–C) groups is 1. The molecule has 3 nitrogen and oxygen atoms in total. The molecule has 0 amide bonds. The first-order chi connectivity index (χ1) is 6.19. The Morgan fingerprint density at radius 1 is 1.85 bits per heavy atom. The van der Waals surface area contributed by atoms with Crippen LogP contribution in [-0.2, 0) is 9.53 Å². The van der Waals surface area contributed by atoms with E-state index in [2.05, 4.69) is 16.3 Å². The molecule has 1 aliphatic rings. The molecule has 1 rings (SSSR count). The van der Waals surface area contributed by atoms with Gasteiger partial charge in [0.2, 0.25) is 0 Å². The molecule has 70 valence electrons. The van der Waals surface area contributed by atoms with Crippen LogP contribution in [0.2, 0.25) is 0 Å². The number of dihydropyridines is 1. The Hall–Kier alpha value is -1.38. The standard InChI is InChI=1S/C10H13NO2/c1-4-8-6-5-7(2)11-9(8)10(12)13-3/h4,6-7H,1,5H2,2-3H3. The Kier molecular flexibility index (Phi) is 3.01. The summed E-state index contributed by atoms with van der Waals surface area (Å²) in [6.07, 6.45) is 4.43. The number of carbonyl (C=O) groups is 1. The van der Waals surface area contributed by atoms with Crippen LogP contribution in [0.15, 0.2) is 29.3 Å². The van der Waals surface area contributed by atoms with Crippen molar-refractivity contribution in [2.45, 2.75) is 19.4 Å². The van der Waals surface area contributed by atoms with Crippen molar-refractivity contribution in [2.24, 2.45) is 4.99 Å². The first-order valence-electron chi connectivity index (χ1n) is 4.18. The van der Waals surface area contributed by atoms with Crippen LogP contribution in [0.5, 0.6) is 0 Å². The molecule has 1 unspecified atom stereocenters. The molecule has 0 N–H and O–H groups in total. The van der Waals surface area contributed by atoms with E-state index < -0.39 is 5.97 Å². The van der Waals surface area contributed by atoms with Crippen LogP contribution >= 0.6 is 0 Å². The van der Waals surface area contributed by atoms with E-state index in [-0.39, 0.29) is 6.04 Å². The number of allylic oxidation sites excluding steroid dienone is 1. The van der Waals surface area contributed by atoms with Crippen LogP contribution in [0.25, 0.3) is 0 Å². The van der Waals surface area contributed by atoms with Crippen LogP contribution < -0.4 is 0 Å². The quantitative estimate of drug-likeness (QED) is 0.602. The molecule has 3 heteroatoms. The number of esters is 1. The zero-order chi connectivity index (χ0) is 9.84. The second kappa shape index (κ2) is 4.03. The molecule has 0 aromatic rings.